The summed E-state index contributed by atoms with van der Waals surface area (Å²) in [4.78, 5) is 55.3. The molecule has 372 valence electrons. The van der Waals surface area contributed by atoms with E-state index in [0.29, 0.717) is 56.4 Å². The molecule has 0 aromatic heterocycles. The zero-order valence-electron chi connectivity index (χ0n) is 42.3. The van der Waals surface area contributed by atoms with Crippen LogP contribution in [0.3, 0.4) is 0 Å². The van der Waals surface area contributed by atoms with Crippen molar-refractivity contribution in [1.29, 1.82) is 0 Å². The van der Waals surface area contributed by atoms with Gasteiger partial charge in [0.15, 0.2) is 15.6 Å². The Morgan fingerprint density at radius 3 is 2.12 bits per heavy atom. The predicted octanol–water partition coefficient (Wildman–Crippen LogP) is 8.02. The number of carboxylic acid groups (broad SMARTS) is 1. The Morgan fingerprint density at radius 1 is 0.851 bits per heavy atom. The summed E-state index contributed by atoms with van der Waals surface area (Å²) in [5.41, 5.74) is 1.34. The molecule has 7 aliphatic rings. The zero-order chi connectivity index (χ0) is 49.1. The smallest absolute Gasteiger partial charge is 0.309 e. The van der Waals surface area contributed by atoms with E-state index in [4.69, 9.17) is 4.74 Å². The van der Waals surface area contributed by atoms with Crippen molar-refractivity contribution in [2.75, 3.05) is 42.6 Å². The highest BCUT2D eigenvalue weighted by atomic mass is 32.2. The van der Waals surface area contributed by atoms with Crippen LogP contribution in [-0.2, 0) is 29.0 Å². The summed E-state index contributed by atoms with van der Waals surface area (Å²) in [7, 11) is -2.99. The number of aliphatic hydroxyl groups excluding tert-OH is 1. The maximum atomic E-state index is 14.3. The molecular formula is C54H81N3O9S. The summed E-state index contributed by atoms with van der Waals surface area (Å²) in [5.74, 6) is -0.781. The summed E-state index contributed by atoms with van der Waals surface area (Å²) >= 11 is 0. The molecule has 11 atom stereocenters. The van der Waals surface area contributed by atoms with Gasteiger partial charge < -0.3 is 30.5 Å². The van der Waals surface area contributed by atoms with Crippen LogP contribution in [0.15, 0.2) is 35.4 Å². The maximum absolute atomic E-state index is 14.3. The lowest BCUT2D eigenvalue weighted by Crippen LogP contribution is -2.66. The van der Waals surface area contributed by atoms with Crippen molar-refractivity contribution in [1.82, 2.24) is 10.6 Å². The van der Waals surface area contributed by atoms with Crippen LogP contribution in [0.4, 0.5) is 5.69 Å². The quantitative estimate of drug-likeness (QED) is 0.149. The van der Waals surface area contributed by atoms with Crippen LogP contribution in [0.1, 0.15) is 151 Å². The number of hydrogen-bond donors (Lipinski definition) is 4. The lowest BCUT2D eigenvalue weighted by atomic mass is 9.33. The first kappa shape index (κ1) is 50.1. The molecule has 1 heterocycles. The van der Waals surface area contributed by atoms with Crippen LogP contribution in [0.25, 0.3) is 0 Å². The summed E-state index contributed by atoms with van der Waals surface area (Å²) in [6.07, 6.45) is 7.19. The summed E-state index contributed by atoms with van der Waals surface area (Å²) < 4.78 is 30.3. The van der Waals surface area contributed by atoms with Gasteiger partial charge in [-0.3, -0.25) is 19.2 Å². The number of Topliss-reactive ketones (excluding diaryl/α,β-unsaturated/α-hetero) is 1. The number of ketones is 1. The zero-order valence-corrected chi connectivity index (χ0v) is 43.2. The fourth-order valence-electron chi connectivity index (χ4n) is 16.2. The molecule has 6 fully saturated rings. The number of hydrogen-bond acceptors (Lipinski definition) is 10. The van der Waals surface area contributed by atoms with Crippen LogP contribution < -0.4 is 15.5 Å². The van der Waals surface area contributed by atoms with Gasteiger partial charge in [0, 0.05) is 60.2 Å². The van der Waals surface area contributed by atoms with Crippen molar-refractivity contribution < 1.29 is 42.5 Å². The van der Waals surface area contributed by atoms with E-state index in [1.54, 1.807) is 12.1 Å². The molecule has 6 aliphatic carbocycles. The number of carboxylic acids is 1. The second kappa shape index (κ2) is 16.9. The molecule has 67 heavy (non-hydrogen) atoms. The molecule has 1 aliphatic heterocycles. The van der Waals surface area contributed by atoms with E-state index in [2.05, 4.69) is 59.1 Å². The van der Waals surface area contributed by atoms with Crippen LogP contribution >= 0.6 is 0 Å². The number of aliphatic hydroxyl groups is 1. The Bertz CT molecular complexity index is 2290. The Balaban J connectivity index is 0.944. The lowest BCUT2D eigenvalue weighted by molar-refractivity contribution is -0.238. The highest BCUT2D eigenvalue weighted by Gasteiger charge is 2.71. The molecule has 1 saturated heterocycles. The van der Waals surface area contributed by atoms with Crippen molar-refractivity contribution in [3.05, 3.63) is 41.0 Å². The third-order valence-electron chi connectivity index (χ3n) is 20.4. The minimum Gasteiger partial charge on any atom is -0.481 e. The number of esters is 1. The second-order valence-corrected chi connectivity index (χ2v) is 27.6. The number of anilines is 1. The van der Waals surface area contributed by atoms with Gasteiger partial charge in [0.2, 0.25) is 0 Å². The van der Waals surface area contributed by atoms with Gasteiger partial charge in [-0.25, -0.2) is 8.42 Å². The van der Waals surface area contributed by atoms with Crippen molar-refractivity contribution >= 4 is 39.2 Å². The largest absolute Gasteiger partial charge is 0.481 e. The summed E-state index contributed by atoms with van der Waals surface area (Å²) in [6.45, 7) is 25.7. The van der Waals surface area contributed by atoms with E-state index >= 15 is 0 Å². The topological polar surface area (TPSA) is 179 Å². The number of allylic oxidation sites excluding steroid dienone is 1. The number of sulfone groups is 1. The minimum atomic E-state index is -2.99. The number of carbonyl (C=O) groups is 4. The number of benzene rings is 1. The highest BCUT2D eigenvalue weighted by molar-refractivity contribution is 7.91. The van der Waals surface area contributed by atoms with Gasteiger partial charge in [0.05, 0.1) is 29.4 Å². The van der Waals surface area contributed by atoms with E-state index < -0.39 is 50.1 Å². The molecule has 5 saturated carbocycles. The number of fused-ring (bicyclic) bond motifs is 7. The molecule has 1 amide bonds. The molecule has 12 nitrogen and oxygen atoms in total. The van der Waals surface area contributed by atoms with Crippen molar-refractivity contribution in [3.63, 3.8) is 0 Å². The van der Waals surface area contributed by atoms with Gasteiger partial charge in [-0.2, -0.15) is 0 Å². The first-order valence-corrected chi connectivity index (χ1v) is 27.3. The van der Waals surface area contributed by atoms with Gasteiger partial charge in [-0.1, -0.05) is 67.9 Å². The molecule has 0 bridgehead atoms. The van der Waals surface area contributed by atoms with E-state index in [9.17, 15) is 37.8 Å². The molecule has 8 rings (SSSR count). The molecule has 0 spiro atoms. The van der Waals surface area contributed by atoms with Crippen molar-refractivity contribution in [2.45, 2.75) is 158 Å². The Labute approximate surface area is 400 Å². The summed E-state index contributed by atoms with van der Waals surface area (Å²) in [5, 5.41) is 28.8. The van der Waals surface area contributed by atoms with Gasteiger partial charge in [-0.05, 0) is 147 Å². The van der Waals surface area contributed by atoms with Crippen molar-refractivity contribution in [3.8, 4) is 0 Å². The van der Waals surface area contributed by atoms with Gasteiger partial charge >= 0.3 is 11.9 Å². The van der Waals surface area contributed by atoms with Crippen molar-refractivity contribution in [2.24, 2.45) is 68.0 Å². The van der Waals surface area contributed by atoms with E-state index in [-0.39, 0.29) is 68.8 Å². The predicted molar refractivity (Wildman–Crippen MR) is 260 cm³/mol. The molecule has 1 aromatic rings. The average molecular weight is 948 g/mol. The number of ether oxygens (including phenoxy) is 1. The Morgan fingerprint density at radius 2 is 1.51 bits per heavy atom. The molecule has 1 aromatic carbocycles. The normalized spacial score (nSPS) is 37.9. The highest BCUT2D eigenvalue weighted by Crippen LogP contribution is 2.77. The first-order valence-electron chi connectivity index (χ1n) is 25.5. The minimum absolute atomic E-state index is 0.00205. The third-order valence-corrected chi connectivity index (χ3v) is 22.0. The monoisotopic (exact) mass is 948 g/mol. The number of carbonyl (C=O) groups excluding carboxylic acids is 3. The SMILES string of the molecule is CC(C)C1=C2[C@H]3CC[C@@H]4[C@@]5(C)CC[C@H](OC(=O)[C@H]6C[C@@H](C(=O)O)C6(C)C)C(C)(C)[C@@H]5CC[C@@]4(C)[C@]3(C)CC[C@@]2([C@@H](O)CNCC(C)(C)NC(=O)c2ccc(N3CCS(=O)(=O)CC3)cc2)CC1=O. The summed E-state index contributed by atoms with van der Waals surface area (Å²) in [6, 6.07) is 7.28. The van der Waals surface area contributed by atoms with E-state index in [1.165, 1.54) is 5.57 Å². The van der Waals surface area contributed by atoms with Gasteiger partial charge in [0.1, 0.15) is 6.10 Å². The van der Waals surface area contributed by atoms with Crippen LogP contribution in [0, 0.1) is 68.0 Å². The molecule has 0 radical (unpaired) electrons. The maximum Gasteiger partial charge on any atom is 0.309 e. The number of amides is 1. The Hall–Kier alpha value is -3.29. The van der Waals surface area contributed by atoms with Crippen LogP contribution in [-0.4, -0.2) is 97.7 Å². The molecular weight excluding hydrogens is 867 g/mol. The molecule has 0 unspecified atom stereocenters. The fraction of sp³-hybridized carbons (Fsp3) is 0.778. The van der Waals surface area contributed by atoms with E-state index in [1.807, 2.05) is 44.7 Å². The number of rotatable bonds is 12. The number of aliphatic carboxylic acids is 1. The Kier molecular flexibility index (Phi) is 12.7. The van der Waals surface area contributed by atoms with Gasteiger partial charge in [0.25, 0.3) is 5.91 Å². The van der Waals surface area contributed by atoms with Crippen LogP contribution in [0.2, 0.25) is 0 Å². The average Bonchev–Trinajstić information content (AvgIpc) is 3.54. The molecule has 4 N–H and O–H groups in total. The fourth-order valence-corrected chi connectivity index (χ4v) is 17.4. The molecule has 13 heteroatoms. The first-order chi connectivity index (χ1) is 31.0. The van der Waals surface area contributed by atoms with Crippen LogP contribution in [0.5, 0.6) is 0 Å². The number of nitrogens with zero attached hydrogens (tertiary/aromatic N) is 1. The second-order valence-electron chi connectivity index (χ2n) is 25.3. The standard InChI is InChI=1S/C54H81N3O9S/c1-32(2)43-38(58)29-54(41(59)30-55-31-48(3,4)56-45(60)33-12-14-34(15-13-33)57-24-26-67(64,65)27-25-57)23-22-52(10)35(44(43)54)16-17-40-51(9)20-19-42(50(7,8)39(51)18-21-53(40,52)11)66-47(63)37-28-36(46(61)62)49(37,5)6/h12-15,32,35-37,39-42,55,59H,16-31H2,1-11H3,(H,56,60)(H,61,62)/t35-,36+,37-,39+,40-,41+,42+,51+,52-,53-,54+/m1/s1. The third kappa shape index (κ3) is 8.12. The van der Waals surface area contributed by atoms with Gasteiger partial charge in [-0.15, -0.1) is 0 Å². The van der Waals surface area contributed by atoms with E-state index in [0.717, 1.165) is 62.6 Å². The number of nitrogens with one attached hydrogen (secondary N) is 2. The lowest BCUT2D eigenvalue weighted by Gasteiger charge is -2.72.